The molecule has 0 unspecified atom stereocenters. The van der Waals surface area contributed by atoms with Crippen molar-refractivity contribution in [3.8, 4) is 5.69 Å². The summed E-state index contributed by atoms with van der Waals surface area (Å²) in [5, 5.41) is 5.48. The Labute approximate surface area is 197 Å². The number of pyridine rings is 1. The number of anilines is 2. The molecule has 0 aliphatic carbocycles. The number of benzene rings is 1. The highest BCUT2D eigenvalue weighted by molar-refractivity contribution is 6.33. The predicted octanol–water partition coefficient (Wildman–Crippen LogP) is 2.48. The lowest BCUT2D eigenvalue weighted by molar-refractivity contribution is 0.279. The van der Waals surface area contributed by atoms with Crippen molar-refractivity contribution in [3.05, 3.63) is 86.4 Å². The quantitative estimate of drug-likeness (QED) is 0.411. The van der Waals surface area contributed by atoms with E-state index in [4.69, 9.17) is 22.4 Å². The molecule has 11 heteroatoms. The molecule has 0 saturated carbocycles. The summed E-state index contributed by atoms with van der Waals surface area (Å²) in [6.07, 6.45) is 3.85. The number of halogens is 1. The van der Waals surface area contributed by atoms with Gasteiger partial charge in [-0.05, 0) is 37.6 Å². The van der Waals surface area contributed by atoms with Crippen LogP contribution < -0.4 is 21.8 Å². The van der Waals surface area contributed by atoms with E-state index in [0.717, 1.165) is 0 Å². The molecule has 34 heavy (non-hydrogen) atoms. The summed E-state index contributed by atoms with van der Waals surface area (Å²) < 4.78 is 3.07. The van der Waals surface area contributed by atoms with E-state index in [0.29, 0.717) is 46.2 Å². The maximum absolute atomic E-state index is 13.7. The second-order valence-electron chi connectivity index (χ2n) is 8.40. The molecule has 1 fully saturated rings. The number of nitrogens with two attached hydrogens (primary N) is 1. The van der Waals surface area contributed by atoms with Gasteiger partial charge in [-0.3, -0.25) is 14.2 Å². The van der Waals surface area contributed by atoms with Crippen LogP contribution in [0.25, 0.3) is 22.1 Å². The number of hydrogen-bond donors (Lipinski definition) is 2. The summed E-state index contributed by atoms with van der Waals surface area (Å²) in [6.45, 7) is 2.56. The van der Waals surface area contributed by atoms with E-state index in [9.17, 15) is 9.59 Å². The summed E-state index contributed by atoms with van der Waals surface area (Å²) >= 11 is 6.32. The first-order valence-electron chi connectivity index (χ1n) is 10.7. The molecule has 10 nitrogen and oxygen atoms in total. The van der Waals surface area contributed by atoms with Crippen LogP contribution in [0.4, 0.5) is 11.8 Å². The number of aromatic amines is 1. The molecule has 0 amide bonds. The van der Waals surface area contributed by atoms with E-state index < -0.39 is 5.54 Å². The zero-order chi connectivity index (χ0) is 23.6. The number of aromatic nitrogens is 6. The fourth-order valence-corrected chi connectivity index (χ4v) is 4.84. The molecule has 0 spiro atoms. The van der Waals surface area contributed by atoms with Gasteiger partial charge in [0.15, 0.2) is 5.82 Å². The fraction of sp³-hybridized carbons (Fsp3) is 0.174. The van der Waals surface area contributed by atoms with E-state index in [1.165, 1.54) is 10.7 Å². The van der Waals surface area contributed by atoms with Crippen LogP contribution in [0.15, 0.2) is 64.4 Å². The zero-order valence-corrected chi connectivity index (χ0v) is 18.8. The Hall–Kier alpha value is -4.18. The van der Waals surface area contributed by atoms with Gasteiger partial charge in [-0.15, -0.1) is 0 Å². The van der Waals surface area contributed by atoms with Gasteiger partial charge in [0.1, 0.15) is 22.3 Å². The van der Waals surface area contributed by atoms with Gasteiger partial charge in [-0.25, -0.2) is 9.50 Å². The van der Waals surface area contributed by atoms with Crippen molar-refractivity contribution in [2.75, 3.05) is 17.2 Å². The molecule has 6 rings (SSSR count). The SMILES string of the molecule is C[C@@]1(c2nn3ccc(Cl)c3c(=O)n2-c2ccccc2)CCN1c1nc(N)nc2cc[nH]c(=O)c12. The maximum atomic E-state index is 13.7. The number of nitrogens with one attached hydrogen (secondary N) is 1. The molecular formula is C23H19ClN8O2. The van der Waals surface area contributed by atoms with Gasteiger partial charge >= 0.3 is 0 Å². The number of hydrogen-bond acceptors (Lipinski definition) is 7. The Balaban J connectivity index is 1.64. The van der Waals surface area contributed by atoms with Crippen LogP contribution in [0.1, 0.15) is 19.2 Å². The lowest BCUT2D eigenvalue weighted by Crippen LogP contribution is -2.59. The molecule has 1 aliphatic rings. The molecule has 4 aromatic heterocycles. The summed E-state index contributed by atoms with van der Waals surface area (Å²) in [7, 11) is 0. The minimum atomic E-state index is -0.768. The van der Waals surface area contributed by atoms with E-state index in [1.54, 1.807) is 22.9 Å². The lowest BCUT2D eigenvalue weighted by atomic mass is 9.85. The molecule has 0 bridgehead atoms. The summed E-state index contributed by atoms with van der Waals surface area (Å²) in [4.78, 5) is 39.7. The highest BCUT2D eigenvalue weighted by atomic mass is 35.5. The van der Waals surface area contributed by atoms with Crippen molar-refractivity contribution in [2.45, 2.75) is 18.9 Å². The predicted molar refractivity (Wildman–Crippen MR) is 130 cm³/mol. The van der Waals surface area contributed by atoms with Crippen molar-refractivity contribution < 1.29 is 0 Å². The van der Waals surface area contributed by atoms with Crippen molar-refractivity contribution >= 4 is 39.8 Å². The summed E-state index contributed by atoms with van der Waals surface area (Å²) in [5.41, 5.74) is 6.01. The molecule has 170 valence electrons. The largest absolute Gasteiger partial charge is 0.368 e. The average molecular weight is 475 g/mol. The van der Waals surface area contributed by atoms with Crippen LogP contribution in [0, 0.1) is 0 Å². The first kappa shape index (κ1) is 20.4. The monoisotopic (exact) mass is 474 g/mol. The highest BCUT2D eigenvalue weighted by Gasteiger charge is 2.48. The Morgan fingerprint density at radius 2 is 1.91 bits per heavy atom. The topological polar surface area (TPSA) is 127 Å². The summed E-state index contributed by atoms with van der Waals surface area (Å²) in [5.74, 6) is 0.952. The molecule has 5 aromatic rings. The number of nitrogens with zero attached hydrogens (tertiary/aromatic N) is 6. The van der Waals surface area contributed by atoms with Crippen molar-refractivity contribution in [1.29, 1.82) is 0 Å². The lowest BCUT2D eigenvalue weighted by Gasteiger charge is -2.51. The molecule has 1 aliphatic heterocycles. The molecule has 0 radical (unpaired) electrons. The number of para-hydroxylation sites is 1. The van der Waals surface area contributed by atoms with Crippen LogP contribution in [-0.4, -0.2) is 35.7 Å². The van der Waals surface area contributed by atoms with Crippen LogP contribution in [0.3, 0.4) is 0 Å². The number of rotatable bonds is 3. The fourth-order valence-electron chi connectivity index (χ4n) is 4.61. The van der Waals surface area contributed by atoms with Crippen LogP contribution in [0.2, 0.25) is 5.02 Å². The van der Waals surface area contributed by atoms with Crippen molar-refractivity contribution in [3.63, 3.8) is 0 Å². The molecule has 3 N–H and O–H groups in total. The van der Waals surface area contributed by atoms with E-state index in [1.807, 2.05) is 42.2 Å². The van der Waals surface area contributed by atoms with Gasteiger partial charge in [-0.1, -0.05) is 29.8 Å². The van der Waals surface area contributed by atoms with Gasteiger partial charge in [0.2, 0.25) is 5.95 Å². The summed E-state index contributed by atoms with van der Waals surface area (Å²) in [6, 6.07) is 12.6. The van der Waals surface area contributed by atoms with Crippen LogP contribution in [-0.2, 0) is 5.54 Å². The number of H-pyrrole nitrogens is 1. The Bertz CT molecular complexity index is 1710. The standard InChI is InChI=1S/C23H19ClN8O2/c1-23(9-12-30(23)18-16-15(27-22(25)28-18)7-10-26-19(16)33)21-29-31-11-8-14(24)17(31)20(34)32(21)13-5-3-2-4-6-13/h2-8,10-11H,9,12H2,1H3,(H,26,33)(H2,25,27,28)/t23-/m0/s1. The first-order valence-corrected chi connectivity index (χ1v) is 11.0. The molecule has 1 saturated heterocycles. The van der Waals surface area contributed by atoms with Gasteiger partial charge in [0.25, 0.3) is 11.1 Å². The zero-order valence-electron chi connectivity index (χ0n) is 18.1. The van der Waals surface area contributed by atoms with E-state index in [2.05, 4.69) is 15.0 Å². The number of fused-ring (bicyclic) bond motifs is 2. The molecule has 1 atom stereocenters. The van der Waals surface area contributed by atoms with Gasteiger partial charge in [0.05, 0.1) is 16.2 Å². The third kappa shape index (κ3) is 2.78. The van der Waals surface area contributed by atoms with Crippen LogP contribution >= 0.6 is 11.6 Å². The third-order valence-electron chi connectivity index (χ3n) is 6.42. The third-order valence-corrected chi connectivity index (χ3v) is 6.73. The van der Waals surface area contributed by atoms with Crippen molar-refractivity contribution in [2.24, 2.45) is 0 Å². The van der Waals surface area contributed by atoms with Gasteiger partial charge < -0.3 is 15.6 Å². The second-order valence-corrected chi connectivity index (χ2v) is 8.81. The average Bonchev–Trinajstić information content (AvgIpc) is 3.19. The highest BCUT2D eigenvalue weighted by Crippen LogP contribution is 2.43. The van der Waals surface area contributed by atoms with E-state index >= 15 is 0 Å². The minimum Gasteiger partial charge on any atom is -0.368 e. The smallest absolute Gasteiger partial charge is 0.284 e. The number of nitrogen functional groups attached to an aromatic ring is 1. The van der Waals surface area contributed by atoms with Crippen LogP contribution in [0.5, 0.6) is 0 Å². The Morgan fingerprint density at radius 1 is 1.12 bits per heavy atom. The molecule has 5 heterocycles. The Morgan fingerprint density at radius 3 is 2.65 bits per heavy atom. The molecule has 1 aromatic carbocycles. The Kier molecular flexibility index (Phi) is 4.30. The second kappa shape index (κ2) is 7.16. The minimum absolute atomic E-state index is 0.0587. The van der Waals surface area contributed by atoms with E-state index in [-0.39, 0.29) is 22.6 Å². The van der Waals surface area contributed by atoms with Gasteiger partial charge in [-0.2, -0.15) is 10.1 Å². The van der Waals surface area contributed by atoms with Crippen molar-refractivity contribution in [1.82, 2.24) is 29.1 Å². The first-order chi connectivity index (χ1) is 16.4. The van der Waals surface area contributed by atoms with Gasteiger partial charge in [0, 0.05) is 18.9 Å². The maximum Gasteiger partial charge on any atom is 0.284 e. The normalized spacial score (nSPS) is 17.9. The molecular weight excluding hydrogens is 456 g/mol.